The largest absolute Gasteiger partial charge is 0.327 e. The fourth-order valence-corrected chi connectivity index (χ4v) is 3.50. The van der Waals surface area contributed by atoms with E-state index in [4.69, 9.17) is 5.73 Å². The second kappa shape index (κ2) is 5.93. The predicted molar refractivity (Wildman–Crippen MR) is 69.9 cm³/mol. The number of nitrogens with two attached hydrogens (primary N) is 1. The van der Waals surface area contributed by atoms with E-state index in [2.05, 4.69) is 15.9 Å². The van der Waals surface area contributed by atoms with Crippen molar-refractivity contribution < 1.29 is 12.8 Å². The van der Waals surface area contributed by atoms with E-state index in [9.17, 15) is 12.8 Å². The van der Waals surface area contributed by atoms with E-state index >= 15 is 0 Å². The van der Waals surface area contributed by atoms with Gasteiger partial charge in [0.25, 0.3) is 0 Å². The Kier molecular flexibility index (Phi) is 5.09. The Labute approximate surface area is 109 Å². The lowest BCUT2D eigenvalue weighted by Crippen LogP contribution is -2.29. The van der Waals surface area contributed by atoms with Crippen LogP contribution in [0.5, 0.6) is 0 Å². The van der Waals surface area contributed by atoms with Gasteiger partial charge in [0.1, 0.15) is 5.82 Å². The average Bonchev–Trinajstić information content (AvgIpc) is 2.22. The van der Waals surface area contributed by atoms with Gasteiger partial charge in [-0.1, -0.05) is 22.9 Å². The summed E-state index contributed by atoms with van der Waals surface area (Å²) in [6.07, 6.45) is 0.584. The highest BCUT2D eigenvalue weighted by Gasteiger charge is 2.18. The Bertz CT molecular complexity index is 490. The molecule has 0 spiro atoms. The molecule has 2 N–H and O–H groups in total. The summed E-state index contributed by atoms with van der Waals surface area (Å²) >= 11 is 3.18. The van der Waals surface area contributed by atoms with E-state index in [-0.39, 0.29) is 17.1 Å². The van der Waals surface area contributed by atoms with Crippen LogP contribution >= 0.6 is 15.9 Å². The second-order valence-corrected chi connectivity index (χ2v) is 6.98. The topological polar surface area (TPSA) is 60.2 Å². The Morgan fingerprint density at radius 2 is 2.12 bits per heavy atom. The fourth-order valence-electron chi connectivity index (χ4n) is 1.39. The Morgan fingerprint density at radius 3 is 2.71 bits per heavy atom. The predicted octanol–water partition coefficient (Wildman–Crippen LogP) is 2.24. The summed E-state index contributed by atoms with van der Waals surface area (Å²) in [4.78, 5) is 0. The molecule has 0 aliphatic carbocycles. The Morgan fingerprint density at radius 1 is 1.47 bits per heavy atom. The third kappa shape index (κ3) is 4.73. The maximum atomic E-state index is 13.4. The fraction of sp³-hybridized carbons (Fsp3) is 0.455. The van der Waals surface area contributed by atoms with E-state index in [1.807, 2.05) is 6.92 Å². The zero-order valence-corrected chi connectivity index (χ0v) is 11.9. The van der Waals surface area contributed by atoms with Gasteiger partial charge in [0.05, 0.1) is 11.5 Å². The molecule has 0 fully saturated rings. The van der Waals surface area contributed by atoms with Gasteiger partial charge in [-0.15, -0.1) is 0 Å². The standard InChI is InChI=1S/C11H15BrFNO2S/c1-2-10(14)7-17(15,16)6-8-5-9(12)3-4-11(8)13/h3-5,10H,2,6-7,14H2,1H3. The summed E-state index contributed by atoms with van der Waals surface area (Å²) in [5, 5.41) is 0. The van der Waals surface area contributed by atoms with Gasteiger partial charge in [-0.25, -0.2) is 12.8 Å². The lowest BCUT2D eigenvalue weighted by molar-refractivity contribution is 0.577. The molecule has 0 bridgehead atoms. The zero-order chi connectivity index (χ0) is 13.1. The number of benzene rings is 1. The molecule has 1 unspecified atom stereocenters. The quantitative estimate of drug-likeness (QED) is 0.904. The highest BCUT2D eigenvalue weighted by Crippen LogP contribution is 2.18. The second-order valence-electron chi connectivity index (χ2n) is 3.96. The molecule has 1 aromatic carbocycles. The van der Waals surface area contributed by atoms with Crippen molar-refractivity contribution in [2.45, 2.75) is 25.1 Å². The van der Waals surface area contributed by atoms with Gasteiger partial charge in [-0.05, 0) is 24.6 Å². The third-order valence-electron chi connectivity index (χ3n) is 2.38. The maximum Gasteiger partial charge on any atom is 0.156 e. The normalized spacial score (nSPS) is 13.6. The molecule has 17 heavy (non-hydrogen) atoms. The van der Waals surface area contributed by atoms with Crippen molar-refractivity contribution in [1.29, 1.82) is 0 Å². The number of halogens is 2. The van der Waals surface area contributed by atoms with Crippen molar-refractivity contribution in [2.24, 2.45) is 5.73 Å². The van der Waals surface area contributed by atoms with Gasteiger partial charge in [0, 0.05) is 16.1 Å². The molecule has 6 heteroatoms. The highest BCUT2D eigenvalue weighted by molar-refractivity contribution is 9.10. The maximum absolute atomic E-state index is 13.4. The molecule has 0 aromatic heterocycles. The molecule has 0 saturated heterocycles. The summed E-state index contributed by atoms with van der Waals surface area (Å²) in [7, 11) is -3.37. The summed E-state index contributed by atoms with van der Waals surface area (Å²) in [5.74, 6) is -0.941. The van der Waals surface area contributed by atoms with Gasteiger partial charge in [-0.3, -0.25) is 0 Å². The highest BCUT2D eigenvalue weighted by atomic mass is 79.9. The molecule has 0 heterocycles. The average molecular weight is 324 g/mol. The first-order valence-corrected chi connectivity index (χ1v) is 7.85. The number of rotatable bonds is 5. The van der Waals surface area contributed by atoms with E-state index in [1.165, 1.54) is 18.2 Å². The number of hydrogen-bond donors (Lipinski definition) is 1. The minimum atomic E-state index is -3.37. The van der Waals surface area contributed by atoms with Gasteiger partial charge >= 0.3 is 0 Å². The lowest BCUT2D eigenvalue weighted by atomic mass is 10.2. The van der Waals surface area contributed by atoms with Gasteiger partial charge < -0.3 is 5.73 Å². The molecule has 96 valence electrons. The van der Waals surface area contributed by atoms with Crippen LogP contribution in [0, 0.1) is 5.82 Å². The van der Waals surface area contributed by atoms with Crippen molar-refractivity contribution in [1.82, 2.24) is 0 Å². The van der Waals surface area contributed by atoms with Crippen LogP contribution in [-0.2, 0) is 15.6 Å². The molecule has 0 radical (unpaired) electrons. The molecule has 0 aliphatic rings. The van der Waals surface area contributed by atoms with Crippen LogP contribution in [0.2, 0.25) is 0 Å². The van der Waals surface area contributed by atoms with Crippen LogP contribution in [0.3, 0.4) is 0 Å². The SMILES string of the molecule is CCC(N)CS(=O)(=O)Cc1cc(Br)ccc1F. The van der Waals surface area contributed by atoms with Crippen molar-refractivity contribution in [3.05, 3.63) is 34.1 Å². The summed E-state index contributed by atoms with van der Waals surface area (Å²) in [5.41, 5.74) is 5.77. The molecule has 3 nitrogen and oxygen atoms in total. The first-order chi connectivity index (χ1) is 7.84. The molecular weight excluding hydrogens is 309 g/mol. The lowest BCUT2D eigenvalue weighted by Gasteiger charge is -2.10. The molecule has 1 rings (SSSR count). The minimum absolute atomic E-state index is 0.116. The van der Waals surface area contributed by atoms with E-state index in [0.29, 0.717) is 10.9 Å². The van der Waals surface area contributed by atoms with Gasteiger partial charge in [-0.2, -0.15) is 0 Å². The van der Waals surface area contributed by atoms with Gasteiger partial charge in [0.15, 0.2) is 9.84 Å². The molecular formula is C11H15BrFNO2S. The molecule has 0 amide bonds. The smallest absolute Gasteiger partial charge is 0.156 e. The molecule has 0 saturated carbocycles. The van der Waals surface area contributed by atoms with Crippen molar-refractivity contribution in [3.63, 3.8) is 0 Å². The minimum Gasteiger partial charge on any atom is -0.327 e. The summed E-state index contributed by atoms with van der Waals surface area (Å²) < 4.78 is 37.6. The van der Waals surface area contributed by atoms with Crippen molar-refractivity contribution in [2.75, 3.05) is 5.75 Å². The van der Waals surface area contributed by atoms with Crippen molar-refractivity contribution in [3.8, 4) is 0 Å². The van der Waals surface area contributed by atoms with Crippen LogP contribution in [-0.4, -0.2) is 20.2 Å². The van der Waals surface area contributed by atoms with Crippen LogP contribution in [0.4, 0.5) is 4.39 Å². The van der Waals surface area contributed by atoms with Crippen LogP contribution < -0.4 is 5.73 Å². The molecule has 1 aromatic rings. The van der Waals surface area contributed by atoms with E-state index < -0.39 is 21.7 Å². The zero-order valence-electron chi connectivity index (χ0n) is 9.49. The molecule has 0 aliphatic heterocycles. The van der Waals surface area contributed by atoms with Crippen LogP contribution in [0.25, 0.3) is 0 Å². The van der Waals surface area contributed by atoms with E-state index in [1.54, 1.807) is 0 Å². The number of sulfone groups is 1. The van der Waals surface area contributed by atoms with E-state index in [0.717, 1.165) is 0 Å². The monoisotopic (exact) mass is 323 g/mol. The Hall–Kier alpha value is -0.460. The van der Waals surface area contributed by atoms with Crippen LogP contribution in [0.1, 0.15) is 18.9 Å². The Balaban J connectivity index is 2.86. The summed E-state index contributed by atoms with van der Waals surface area (Å²) in [6.45, 7) is 1.82. The first-order valence-electron chi connectivity index (χ1n) is 5.24. The summed E-state index contributed by atoms with van der Waals surface area (Å²) in [6, 6.07) is 3.86. The first kappa shape index (κ1) is 14.6. The van der Waals surface area contributed by atoms with Gasteiger partial charge in [0.2, 0.25) is 0 Å². The van der Waals surface area contributed by atoms with Crippen molar-refractivity contribution >= 4 is 25.8 Å². The van der Waals surface area contributed by atoms with Crippen LogP contribution in [0.15, 0.2) is 22.7 Å². The molecule has 1 atom stereocenters. The third-order valence-corrected chi connectivity index (χ3v) is 4.56. The number of hydrogen-bond acceptors (Lipinski definition) is 3.